The van der Waals surface area contributed by atoms with Crippen molar-refractivity contribution in [3.63, 3.8) is 0 Å². The summed E-state index contributed by atoms with van der Waals surface area (Å²) in [5, 5.41) is 3.35. The van der Waals surface area contributed by atoms with Gasteiger partial charge in [-0.15, -0.1) is 0 Å². The SMILES string of the molecule is CC1Cc2cc(S(=O)(=O)N3CCN(C)CC3)ccc2N1. The highest BCUT2D eigenvalue weighted by atomic mass is 32.2. The van der Waals surface area contributed by atoms with Gasteiger partial charge < -0.3 is 10.2 Å². The molecule has 2 aliphatic rings. The van der Waals surface area contributed by atoms with Crippen molar-refractivity contribution in [3.05, 3.63) is 23.8 Å². The van der Waals surface area contributed by atoms with E-state index in [2.05, 4.69) is 17.1 Å². The lowest BCUT2D eigenvalue weighted by atomic mass is 10.1. The van der Waals surface area contributed by atoms with E-state index in [0.717, 1.165) is 30.8 Å². The summed E-state index contributed by atoms with van der Waals surface area (Å²) in [5.74, 6) is 0. The van der Waals surface area contributed by atoms with Crippen molar-refractivity contribution in [1.82, 2.24) is 9.21 Å². The Morgan fingerprint density at radius 1 is 1.20 bits per heavy atom. The molecular formula is C14H21N3O2S. The van der Waals surface area contributed by atoms with Crippen LogP contribution in [0.5, 0.6) is 0 Å². The van der Waals surface area contributed by atoms with Crippen LogP contribution in [0.3, 0.4) is 0 Å². The fourth-order valence-electron chi connectivity index (χ4n) is 2.86. The Bertz CT molecular complexity index is 607. The first kappa shape index (κ1) is 13.9. The zero-order chi connectivity index (χ0) is 14.3. The monoisotopic (exact) mass is 295 g/mol. The van der Waals surface area contributed by atoms with Crippen LogP contribution in [-0.4, -0.2) is 56.9 Å². The van der Waals surface area contributed by atoms with Gasteiger partial charge in [0.15, 0.2) is 0 Å². The van der Waals surface area contributed by atoms with E-state index in [1.807, 2.05) is 19.2 Å². The predicted molar refractivity (Wildman–Crippen MR) is 79.5 cm³/mol. The van der Waals surface area contributed by atoms with Crippen LogP contribution in [0.15, 0.2) is 23.1 Å². The summed E-state index contributed by atoms with van der Waals surface area (Å²) in [5.41, 5.74) is 2.17. The normalized spacial score (nSPS) is 24.4. The van der Waals surface area contributed by atoms with Gasteiger partial charge in [0.1, 0.15) is 0 Å². The molecule has 1 fully saturated rings. The maximum atomic E-state index is 12.7. The maximum absolute atomic E-state index is 12.7. The number of fused-ring (bicyclic) bond motifs is 1. The minimum atomic E-state index is -3.35. The number of likely N-dealkylation sites (N-methyl/N-ethyl adjacent to an activating group) is 1. The molecule has 0 aromatic heterocycles. The minimum Gasteiger partial charge on any atom is -0.382 e. The zero-order valence-electron chi connectivity index (χ0n) is 12.0. The molecule has 5 nitrogen and oxygen atoms in total. The van der Waals surface area contributed by atoms with E-state index in [1.54, 1.807) is 10.4 Å². The first-order chi connectivity index (χ1) is 9.46. The predicted octanol–water partition coefficient (Wildman–Crippen LogP) is 0.979. The molecule has 0 spiro atoms. The molecule has 0 amide bonds. The molecular weight excluding hydrogens is 274 g/mol. The van der Waals surface area contributed by atoms with Crippen LogP contribution < -0.4 is 5.32 Å². The Kier molecular flexibility index (Phi) is 3.48. The summed E-state index contributed by atoms with van der Waals surface area (Å²) in [7, 11) is -1.33. The molecule has 1 aromatic rings. The van der Waals surface area contributed by atoms with Crippen molar-refractivity contribution in [1.29, 1.82) is 0 Å². The Balaban J connectivity index is 1.87. The number of sulfonamides is 1. The fraction of sp³-hybridized carbons (Fsp3) is 0.571. The third-order valence-corrected chi connectivity index (χ3v) is 6.00. The molecule has 0 radical (unpaired) electrons. The Morgan fingerprint density at radius 2 is 1.90 bits per heavy atom. The molecule has 0 saturated carbocycles. The molecule has 6 heteroatoms. The van der Waals surface area contributed by atoms with Gasteiger partial charge in [-0.1, -0.05) is 0 Å². The van der Waals surface area contributed by atoms with Gasteiger partial charge in [0.25, 0.3) is 0 Å². The van der Waals surface area contributed by atoms with Crippen LogP contribution in [0.1, 0.15) is 12.5 Å². The minimum absolute atomic E-state index is 0.381. The summed E-state index contributed by atoms with van der Waals surface area (Å²) >= 11 is 0. The van der Waals surface area contributed by atoms with E-state index >= 15 is 0 Å². The van der Waals surface area contributed by atoms with E-state index in [-0.39, 0.29) is 0 Å². The van der Waals surface area contributed by atoms with Crippen molar-refractivity contribution in [2.45, 2.75) is 24.3 Å². The topological polar surface area (TPSA) is 52.7 Å². The van der Waals surface area contributed by atoms with Crippen LogP contribution in [0, 0.1) is 0 Å². The van der Waals surface area contributed by atoms with Crippen LogP contribution in [-0.2, 0) is 16.4 Å². The van der Waals surface area contributed by atoms with E-state index in [0.29, 0.717) is 24.0 Å². The Labute approximate surface area is 120 Å². The number of piperazine rings is 1. The van der Waals surface area contributed by atoms with Crippen molar-refractivity contribution in [2.75, 3.05) is 38.5 Å². The number of hydrogen-bond acceptors (Lipinski definition) is 4. The highest BCUT2D eigenvalue weighted by molar-refractivity contribution is 7.89. The van der Waals surface area contributed by atoms with E-state index in [4.69, 9.17) is 0 Å². The maximum Gasteiger partial charge on any atom is 0.243 e. The summed E-state index contributed by atoms with van der Waals surface area (Å²) in [6.45, 7) is 4.84. The average Bonchev–Trinajstić information content (AvgIpc) is 2.78. The van der Waals surface area contributed by atoms with Gasteiger partial charge >= 0.3 is 0 Å². The summed E-state index contributed by atoms with van der Waals surface area (Å²) in [6.07, 6.45) is 0.890. The summed E-state index contributed by atoms with van der Waals surface area (Å²) in [6, 6.07) is 5.82. The van der Waals surface area contributed by atoms with Gasteiger partial charge in [-0.05, 0) is 44.2 Å². The quantitative estimate of drug-likeness (QED) is 0.884. The zero-order valence-corrected chi connectivity index (χ0v) is 12.8. The molecule has 2 heterocycles. The number of nitrogens with one attached hydrogen (secondary N) is 1. The van der Waals surface area contributed by atoms with Crippen LogP contribution in [0.4, 0.5) is 5.69 Å². The average molecular weight is 295 g/mol. The Hall–Kier alpha value is -1.11. The van der Waals surface area contributed by atoms with Crippen LogP contribution in [0.2, 0.25) is 0 Å². The number of anilines is 1. The molecule has 1 unspecified atom stereocenters. The molecule has 1 aromatic carbocycles. The third-order valence-electron chi connectivity index (χ3n) is 4.10. The number of nitrogens with zero attached hydrogens (tertiary/aromatic N) is 2. The molecule has 2 aliphatic heterocycles. The summed E-state index contributed by atoms with van der Waals surface area (Å²) < 4.78 is 26.9. The molecule has 0 bridgehead atoms. The largest absolute Gasteiger partial charge is 0.382 e. The number of benzene rings is 1. The van der Waals surface area contributed by atoms with Gasteiger partial charge in [-0.3, -0.25) is 0 Å². The van der Waals surface area contributed by atoms with Crippen molar-refractivity contribution in [2.24, 2.45) is 0 Å². The van der Waals surface area contributed by atoms with Gasteiger partial charge in [0.2, 0.25) is 10.0 Å². The molecule has 20 heavy (non-hydrogen) atoms. The molecule has 0 aliphatic carbocycles. The van der Waals surface area contributed by atoms with Gasteiger partial charge in [0, 0.05) is 37.9 Å². The number of rotatable bonds is 2. The standard InChI is InChI=1S/C14H21N3O2S/c1-11-9-12-10-13(3-4-14(12)15-11)20(18,19)17-7-5-16(2)6-8-17/h3-4,10-11,15H,5-9H2,1-2H3. The van der Waals surface area contributed by atoms with E-state index in [1.165, 1.54) is 0 Å². The molecule has 1 N–H and O–H groups in total. The lowest BCUT2D eigenvalue weighted by Crippen LogP contribution is -2.47. The fourth-order valence-corrected chi connectivity index (χ4v) is 4.34. The van der Waals surface area contributed by atoms with Crippen molar-refractivity contribution >= 4 is 15.7 Å². The van der Waals surface area contributed by atoms with Crippen molar-refractivity contribution < 1.29 is 8.42 Å². The van der Waals surface area contributed by atoms with Gasteiger partial charge in [0.05, 0.1) is 4.90 Å². The van der Waals surface area contributed by atoms with Gasteiger partial charge in [-0.25, -0.2) is 8.42 Å². The van der Waals surface area contributed by atoms with E-state index < -0.39 is 10.0 Å². The lowest BCUT2D eigenvalue weighted by Gasteiger charge is -2.31. The highest BCUT2D eigenvalue weighted by Crippen LogP contribution is 2.29. The second kappa shape index (κ2) is 5.02. The second-order valence-electron chi connectivity index (χ2n) is 5.78. The molecule has 110 valence electrons. The first-order valence-corrected chi connectivity index (χ1v) is 8.49. The second-order valence-corrected chi connectivity index (χ2v) is 7.71. The molecule has 1 atom stereocenters. The van der Waals surface area contributed by atoms with Gasteiger partial charge in [-0.2, -0.15) is 4.31 Å². The van der Waals surface area contributed by atoms with Crippen molar-refractivity contribution in [3.8, 4) is 0 Å². The first-order valence-electron chi connectivity index (χ1n) is 7.05. The van der Waals surface area contributed by atoms with E-state index in [9.17, 15) is 8.42 Å². The van der Waals surface area contributed by atoms with Crippen LogP contribution in [0.25, 0.3) is 0 Å². The summed E-state index contributed by atoms with van der Waals surface area (Å²) in [4.78, 5) is 2.58. The number of hydrogen-bond donors (Lipinski definition) is 1. The van der Waals surface area contributed by atoms with Crippen LogP contribution >= 0.6 is 0 Å². The molecule has 3 rings (SSSR count). The highest BCUT2D eigenvalue weighted by Gasteiger charge is 2.28. The molecule has 1 saturated heterocycles. The lowest BCUT2D eigenvalue weighted by molar-refractivity contribution is 0.222. The smallest absolute Gasteiger partial charge is 0.243 e. The Morgan fingerprint density at radius 3 is 2.60 bits per heavy atom. The third kappa shape index (κ3) is 2.43.